The van der Waals surface area contributed by atoms with Crippen LogP contribution in [0.15, 0.2) is 6.33 Å². The molecular formula is C13H18BN5O6P+. The second-order valence-electron chi connectivity index (χ2n) is 6.41. The van der Waals surface area contributed by atoms with E-state index in [0.717, 1.165) is 0 Å². The van der Waals surface area contributed by atoms with E-state index >= 15 is 0 Å². The Balaban J connectivity index is 1.61. The molecule has 0 aromatic carbocycles. The van der Waals surface area contributed by atoms with E-state index in [9.17, 15) is 14.8 Å². The summed E-state index contributed by atoms with van der Waals surface area (Å²) < 4.78 is 16.2. The van der Waals surface area contributed by atoms with E-state index in [1.807, 2.05) is 0 Å². The Morgan fingerprint density at radius 1 is 1.50 bits per heavy atom. The van der Waals surface area contributed by atoms with Crippen LogP contribution in [-0.2, 0) is 13.8 Å². The highest BCUT2D eigenvalue weighted by molar-refractivity contribution is 7.85. The quantitative estimate of drug-likeness (QED) is 0.420. The van der Waals surface area contributed by atoms with Crippen molar-refractivity contribution in [3.8, 4) is 0 Å². The van der Waals surface area contributed by atoms with Gasteiger partial charge in [0.2, 0.25) is 0 Å². The molecule has 5 atom stereocenters. The minimum atomic E-state index is -3.45. The number of hydrogen-bond donors (Lipinski definition) is 3. The highest BCUT2D eigenvalue weighted by atomic mass is 31.2. The van der Waals surface area contributed by atoms with Gasteiger partial charge in [-0.2, -0.15) is 9.05 Å². The maximum absolute atomic E-state index is 12.3. The van der Waals surface area contributed by atoms with Crippen LogP contribution in [0.3, 0.4) is 0 Å². The fourth-order valence-electron chi connectivity index (χ4n) is 3.21. The van der Waals surface area contributed by atoms with Gasteiger partial charge in [0.1, 0.15) is 30.8 Å². The molecule has 3 aliphatic heterocycles. The molecule has 0 bridgehead atoms. The lowest BCUT2D eigenvalue weighted by molar-refractivity contribution is -0.0440. The zero-order valence-electron chi connectivity index (χ0n) is 14.1. The van der Waals surface area contributed by atoms with Gasteiger partial charge in [-0.15, -0.1) is 0 Å². The van der Waals surface area contributed by atoms with Crippen LogP contribution in [0.2, 0.25) is 0 Å². The lowest BCUT2D eigenvalue weighted by Crippen LogP contribution is -2.45. The topological polar surface area (TPSA) is 130 Å². The minimum absolute atomic E-state index is 0.0151. The first-order valence-electron chi connectivity index (χ1n) is 7.92. The van der Waals surface area contributed by atoms with Crippen molar-refractivity contribution in [1.29, 1.82) is 0 Å². The molecule has 2 fully saturated rings. The first kappa shape index (κ1) is 17.8. The summed E-state index contributed by atoms with van der Waals surface area (Å²) in [6.45, 7) is 0.271. The van der Waals surface area contributed by atoms with E-state index < -0.39 is 32.4 Å². The average molecular weight is 382 g/mol. The fourth-order valence-corrected chi connectivity index (χ4v) is 4.24. The number of aliphatic hydroxyl groups is 1. The summed E-state index contributed by atoms with van der Waals surface area (Å²) in [4.78, 5) is 33.4. The molecule has 2 saturated heterocycles. The Bertz CT molecular complexity index is 739. The van der Waals surface area contributed by atoms with Crippen molar-refractivity contribution in [2.75, 3.05) is 37.6 Å². The lowest BCUT2D eigenvalue weighted by atomic mass is 10.1. The van der Waals surface area contributed by atoms with Gasteiger partial charge < -0.3 is 25.0 Å². The molecule has 1 amide bonds. The number of nitrogens with zero attached hydrogens (tertiary/aromatic N) is 4. The van der Waals surface area contributed by atoms with Crippen LogP contribution in [0.25, 0.3) is 0 Å². The summed E-state index contributed by atoms with van der Waals surface area (Å²) in [7, 11) is 5.33. The van der Waals surface area contributed by atoms with Gasteiger partial charge in [-0.1, -0.05) is 0 Å². The van der Waals surface area contributed by atoms with Crippen molar-refractivity contribution in [1.82, 2.24) is 14.9 Å². The molecule has 1 aromatic heterocycles. The average Bonchev–Trinajstić information content (AvgIpc) is 3.15. The predicted molar refractivity (Wildman–Crippen MR) is 91.4 cm³/mol. The highest BCUT2D eigenvalue weighted by Crippen LogP contribution is 2.58. The zero-order valence-corrected chi connectivity index (χ0v) is 15.0. The number of fused-ring (bicyclic) bond motifs is 2. The molecule has 138 valence electrons. The number of carbonyl (C=O) groups is 1. The van der Waals surface area contributed by atoms with E-state index in [2.05, 4.69) is 15.3 Å². The second kappa shape index (κ2) is 6.26. The third-order valence-corrected chi connectivity index (χ3v) is 5.51. The van der Waals surface area contributed by atoms with Crippen LogP contribution >= 0.6 is 7.82 Å². The maximum Gasteiger partial charge on any atom is 0.488 e. The molecule has 26 heavy (non-hydrogen) atoms. The SMILES string of the molecule is [B][P+]1(O)OCC2OC(N3CNc4c(C(=O)N(C)C)ncnc43)C(O)[C@@H]2O1. The van der Waals surface area contributed by atoms with E-state index in [4.69, 9.17) is 21.4 Å². The third-order valence-electron chi connectivity index (χ3n) is 4.45. The number of rotatable bonds is 2. The monoisotopic (exact) mass is 382 g/mol. The van der Waals surface area contributed by atoms with Crippen LogP contribution in [0.4, 0.5) is 11.5 Å². The summed E-state index contributed by atoms with van der Waals surface area (Å²) in [5.74, 6) is 0.168. The molecule has 0 aliphatic carbocycles. The van der Waals surface area contributed by atoms with Crippen molar-refractivity contribution in [2.45, 2.75) is 24.5 Å². The number of aliphatic hydroxyl groups excluding tert-OH is 1. The van der Waals surface area contributed by atoms with Crippen LogP contribution < -0.4 is 10.2 Å². The van der Waals surface area contributed by atoms with Crippen molar-refractivity contribution in [3.05, 3.63) is 12.0 Å². The molecule has 0 saturated carbocycles. The minimum Gasteiger partial charge on any atom is -0.385 e. The van der Waals surface area contributed by atoms with Crippen molar-refractivity contribution in [3.63, 3.8) is 0 Å². The summed E-state index contributed by atoms with van der Waals surface area (Å²) in [6.07, 6.45) is -2.00. The Labute approximate surface area is 151 Å². The number of amides is 1. The first-order valence-corrected chi connectivity index (χ1v) is 9.57. The number of aromatic nitrogens is 2. The number of hydrogen-bond acceptors (Lipinski definition) is 10. The van der Waals surface area contributed by atoms with Gasteiger partial charge in [-0.05, 0) is 0 Å². The molecule has 3 aliphatic rings. The van der Waals surface area contributed by atoms with E-state index in [-0.39, 0.29) is 24.9 Å². The fraction of sp³-hybridized carbons (Fsp3) is 0.615. The van der Waals surface area contributed by atoms with Crippen molar-refractivity contribution < 1.29 is 28.6 Å². The Hall–Kier alpha value is -1.56. The molecule has 4 unspecified atom stereocenters. The summed E-state index contributed by atoms with van der Waals surface area (Å²) in [5.41, 5.74) is 0.700. The molecule has 1 aromatic rings. The maximum atomic E-state index is 12.3. The van der Waals surface area contributed by atoms with E-state index in [1.165, 1.54) is 11.2 Å². The normalized spacial score (nSPS) is 35.6. The molecule has 4 heterocycles. The molecule has 3 N–H and O–H groups in total. The first-order chi connectivity index (χ1) is 12.3. The van der Waals surface area contributed by atoms with Crippen LogP contribution in [0, 0.1) is 0 Å². The van der Waals surface area contributed by atoms with E-state index in [0.29, 0.717) is 11.5 Å². The number of ether oxygens (including phenoxy) is 1. The van der Waals surface area contributed by atoms with Gasteiger partial charge in [0.05, 0.1) is 6.67 Å². The molecule has 4 rings (SSSR count). The van der Waals surface area contributed by atoms with Gasteiger partial charge in [0.25, 0.3) is 5.91 Å². The Morgan fingerprint density at radius 2 is 2.27 bits per heavy atom. The van der Waals surface area contributed by atoms with Gasteiger partial charge in [0, 0.05) is 14.1 Å². The summed E-state index contributed by atoms with van der Waals surface area (Å²) in [5, 5.41) is 13.7. The second-order valence-corrected chi connectivity index (χ2v) is 8.01. The van der Waals surface area contributed by atoms with Crippen molar-refractivity contribution in [2.24, 2.45) is 0 Å². The molecular weight excluding hydrogens is 364 g/mol. The van der Waals surface area contributed by atoms with Crippen LogP contribution in [0.1, 0.15) is 10.5 Å². The van der Waals surface area contributed by atoms with E-state index in [1.54, 1.807) is 19.0 Å². The molecule has 11 nitrogen and oxygen atoms in total. The van der Waals surface area contributed by atoms with Crippen LogP contribution in [0.5, 0.6) is 0 Å². The third kappa shape index (κ3) is 2.83. The van der Waals surface area contributed by atoms with Crippen LogP contribution in [-0.4, -0.2) is 90.3 Å². The van der Waals surface area contributed by atoms with Gasteiger partial charge in [-0.25, -0.2) is 14.9 Å². The predicted octanol–water partition coefficient (Wildman–Crippen LogP) is -1.29. The Kier molecular flexibility index (Phi) is 4.29. The standard InChI is InChI=1S/C13H18BN5O6P/c1-18(2)12(21)8-7-11(16-4-15-8)19(5-17-7)13-9(20)10-6(24-13)3-23-26(14,22)25-10/h4,6,9-10,13,17,20,22H,3,5H2,1-2H3/q+1/t6?,9?,10-,13?,26?/m1/s1. The summed E-state index contributed by atoms with van der Waals surface area (Å²) >= 11 is 0. The van der Waals surface area contributed by atoms with Crippen molar-refractivity contribution >= 4 is 32.8 Å². The smallest absolute Gasteiger partial charge is 0.385 e. The number of anilines is 2. The Morgan fingerprint density at radius 3 is 3.00 bits per heavy atom. The van der Waals surface area contributed by atoms with Gasteiger partial charge >= 0.3 is 15.4 Å². The van der Waals surface area contributed by atoms with Gasteiger partial charge in [-0.3, -0.25) is 4.79 Å². The van der Waals surface area contributed by atoms with Gasteiger partial charge in [0.15, 0.2) is 23.8 Å². The highest BCUT2D eigenvalue weighted by Gasteiger charge is 2.58. The molecule has 2 radical (unpaired) electrons. The number of nitrogens with one attached hydrogen (secondary N) is 1. The lowest BCUT2D eigenvalue weighted by Gasteiger charge is -2.28. The molecule has 0 spiro atoms. The largest absolute Gasteiger partial charge is 0.488 e. The zero-order chi connectivity index (χ0) is 18.6. The summed E-state index contributed by atoms with van der Waals surface area (Å²) in [6, 6.07) is 0. The molecule has 13 heteroatoms. The number of carbonyl (C=O) groups excluding carboxylic acids is 1.